The number of ether oxygens (including phenoxy) is 2. The minimum Gasteiger partial charge on any atom is -0.446 e. The van der Waals surface area contributed by atoms with Crippen molar-refractivity contribution in [2.45, 2.75) is 58.9 Å². The van der Waals surface area contributed by atoms with E-state index < -0.39 is 12.5 Å². The molecule has 0 radical (unpaired) electrons. The lowest BCUT2D eigenvalue weighted by molar-refractivity contribution is -0.274. The van der Waals surface area contributed by atoms with E-state index in [1.54, 1.807) is 4.90 Å². The molecule has 2 rings (SSSR count). The highest BCUT2D eigenvalue weighted by atomic mass is 19.4. The number of carbonyl (C=O) groups is 2. The lowest BCUT2D eigenvalue weighted by atomic mass is 9.90. The van der Waals surface area contributed by atoms with Crippen LogP contribution < -0.4 is 10.1 Å². The fourth-order valence-corrected chi connectivity index (χ4v) is 2.90. The summed E-state index contributed by atoms with van der Waals surface area (Å²) in [6.45, 7) is 7.34. The Hall–Kier alpha value is -2.45. The summed E-state index contributed by atoms with van der Waals surface area (Å²) in [4.78, 5) is 26.0. The molecular weight excluding hydrogens is 389 g/mol. The number of carbonyl (C=O) groups excluding carboxylic acids is 2. The summed E-state index contributed by atoms with van der Waals surface area (Å²) in [7, 11) is 0. The van der Waals surface area contributed by atoms with E-state index in [0.717, 1.165) is 18.6 Å². The molecule has 29 heavy (non-hydrogen) atoms. The average molecular weight is 416 g/mol. The van der Waals surface area contributed by atoms with Crippen LogP contribution in [0.3, 0.4) is 0 Å². The molecule has 0 atom stereocenters. The van der Waals surface area contributed by atoms with Crippen molar-refractivity contribution in [1.29, 1.82) is 0 Å². The number of hydrogen-bond acceptors (Lipinski definition) is 4. The van der Waals surface area contributed by atoms with E-state index in [4.69, 9.17) is 4.74 Å². The summed E-state index contributed by atoms with van der Waals surface area (Å²) in [6.07, 6.45) is -3.35. The Morgan fingerprint density at radius 2 is 1.69 bits per heavy atom. The summed E-state index contributed by atoms with van der Waals surface area (Å²) in [5, 5.41) is 2.47. The molecule has 0 bridgehead atoms. The lowest BCUT2D eigenvalue weighted by Crippen LogP contribution is -2.42. The van der Waals surface area contributed by atoms with Gasteiger partial charge in [-0.25, -0.2) is 4.79 Å². The van der Waals surface area contributed by atoms with Gasteiger partial charge in [0.05, 0.1) is 0 Å². The first-order chi connectivity index (χ1) is 13.4. The second-order valence-electron chi connectivity index (χ2n) is 8.24. The maximum Gasteiger partial charge on any atom is 0.573 e. The van der Waals surface area contributed by atoms with Crippen LogP contribution in [0.2, 0.25) is 0 Å². The molecule has 1 aromatic carbocycles. The van der Waals surface area contributed by atoms with E-state index >= 15 is 0 Å². The van der Waals surface area contributed by atoms with Crippen LogP contribution in [-0.2, 0) is 9.53 Å². The topological polar surface area (TPSA) is 67.9 Å². The standard InChI is InChI=1S/C20H27F3N2O4/c1-19(2,3)11-8-17(26)25-12-9-15(10-13-25)28-18(27)24-14-4-6-16(7-5-14)29-20(21,22)23/h4-7,15H,8-13H2,1-3H3,(H,24,27). The van der Waals surface area contributed by atoms with Crippen LogP contribution >= 0.6 is 0 Å². The van der Waals surface area contributed by atoms with E-state index in [1.165, 1.54) is 12.1 Å². The predicted octanol–water partition coefficient (Wildman–Crippen LogP) is 4.95. The Labute approximate surface area is 168 Å². The molecule has 1 aromatic rings. The molecule has 162 valence electrons. The smallest absolute Gasteiger partial charge is 0.446 e. The van der Waals surface area contributed by atoms with Crippen molar-refractivity contribution in [3.8, 4) is 5.75 Å². The van der Waals surface area contributed by atoms with E-state index in [2.05, 4.69) is 30.8 Å². The molecule has 1 aliphatic rings. The largest absolute Gasteiger partial charge is 0.573 e. The predicted molar refractivity (Wildman–Crippen MR) is 102 cm³/mol. The van der Waals surface area contributed by atoms with E-state index in [1.807, 2.05) is 0 Å². The number of alkyl halides is 3. The van der Waals surface area contributed by atoms with Crippen LogP contribution in [0.5, 0.6) is 5.75 Å². The Bertz CT molecular complexity index is 691. The van der Waals surface area contributed by atoms with Crippen molar-refractivity contribution < 1.29 is 32.2 Å². The van der Waals surface area contributed by atoms with Crippen molar-refractivity contribution in [3.63, 3.8) is 0 Å². The quantitative estimate of drug-likeness (QED) is 0.737. The van der Waals surface area contributed by atoms with Gasteiger partial charge in [-0.1, -0.05) is 20.8 Å². The number of likely N-dealkylation sites (tertiary alicyclic amines) is 1. The summed E-state index contributed by atoms with van der Waals surface area (Å²) in [5.41, 5.74) is 0.394. The SMILES string of the molecule is CC(C)(C)CCC(=O)N1CCC(OC(=O)Nc2ccc(OC(F)(F)F)cc2)CC1. The van der Waals surface area contributed by atoms with Crippen LogP contribution in [0.15, 0.2) is 24.3 Å². The Morgan fingerprint density at radius 1 is 1.10 bits per heavy atom. The van der Waals surface area contributed by atoms with Gasteiger partial charge in [0.2, 0.25) is 5.91 Å². The summed E-state index contributed by atoms with van der Waals surface area (Å²) in [5.74, 6) is -0.260. The van der Waals surface area contributed by atoms with Gasteiger partial charge in [-0.05, 0) is 36.1 Å². The number of hydrogen-bond donors (Lipinski definition) is 1. The third-order valence-corrected chi connectivity index (χ3v) is 4.49. The first kappa shape index (κ1) is 22.8. The van der Waals surface area contributed by atoms with Gasteiger partial charge in [0.1, 0.15) is 11.9 Å². The third-order valence-electron chi connectivity index (χ3n) is 4.49. The molecule has 0 aliphatic carbocycles. The fraction of sp³-hybridized carbons (Fsp3) is 0.600. The first-order valence-corrected chi connectivity index (χ1v) is 9.52. The monoisotopic (exact) mass is 416 g/mol. The molecule has 1 fully saturated rings. The zero-order chi connectivity index (χ0) is 21.7. The minimum absolute atomic E-state index is 0.103. The van der Waals surface area contributed by atoms with E-state index in [-0.39, 0.29) is 23.2 Å². The second kappa shape index (κ2) is 9.37. The van der Waals surface area contributed by atoms with Crippen molar-refractivity contribution in [3.05, 3.63) is 24.3 Å². The van der Waals surface area contributed by atoms with Crippen molar-refractivity contribution in [1.82, 2.24) is 4.90 Å². The van der Waals surface area contributed by atoms with E-state index in [9.17, 15) is 22.8 Å². The third kappa shape index (κ3) is 8.62. The van der Waals surface area contributed by atoms with Gasteiger partial charge in [-0.2, -0.15) is 0 Å². The average Bonchev–Trinajstić information content (AvgIpc) is 2.60. The minimum atomic E-state index is -4.77. The second-order valence-corrected chi connectivity index (χ2v) is 8.24. The number of amides is 2. The van der Waals surface area contributed by atoms with Crippen LogP contribution in [0.25, 0.3) is 0 Å². The highest BCUT2D eigenvalue weighted by Gasteiger charge is 2.31. The molecule has 6 nitrogen and oxygen atoms in total. The van der Waals surface area contributed by atoms with Gasteiger partial charge in [-0.15, -0.1) is 13.2 Å². The molecule has 0 spiro atoms. The van der Waals surface area contributed by atoms with Gasteiger partial charge in [-0.3, -0.25) is 10.1 Å². The molecule has 1 aliphatic heterocycles. The van der Waals surface area contributed by atoms with Crippen LogP contribution in [0.1, 0.15) is 46.5 Å². The number of nitrogens with one attached hydrogen (secondary N) is 1. The fourth-order valence-electron chi connectivity index (χ4n) is 2.90. The summed E-state index contributed by atoms with van der Waals surface area (Å²) >= 11 is 0. The zero-order valence-corrected chi connectivity index (χ0v) is 16.8. The molecule has 1 saturated heterocycles. The molecule has 0 aromatic heterocycles. The van der Waals surface area contributed by atoms with Crippen molar-refractivity contribution in [2.75, 3.05) is 18.4 Å². The van der Waals surface area contributed by atoms with Gasteiger partial charge in [0, 0.05) is 38.0 Å². The zero-order valence-electron chi connectivity index (χ0n) is 16.8. The van der Waals surface area contributed by atoms with Gasteiger partial charge in [0.25, 0.3) is 0 Å². The number of halogens is 3. The van der Waals surface area contributed by atoms with Crippen LogP contribution in [0, 0.1) is 5.41 Å². The van der Waals surface area contributed by atoms with Gasteiger partial charge in [0.15, 0.2) is 0 Å². The highest BCUT2D eigenvalue weighted by molar-refractivity contribution is 5.84. The van der Waals surface area contributed by atoms with Crippen LogP contribution in [0.4, 0.5) is 23.7 Å². The van der Waals surface area contributed by atoms with Gasteiger partial charge >= 0.3 is 12.5 Å². The summed E-state index contributed by atoms with van der Waals surface area (Å²) < 4.78 is 45.6. The molecular formula is C20H27F3N2O4. The lowest BCUT2D eigenvalue weighted by Gasteiger charge is -2.32. The Kier molecular flexibility index (Phi) is 7.37. The van der Waals surface area contributed by atoms with Crippen LogP contribution in [-0.4, -0.2) is 42.5 Å². The molecule has 9 heteroatoms. The molecule has 0 unspecified atom stereocenters. The Balaban J connectivity index is 1.73. The van der Waals surface area contributed by atoms with E-state index in [0.29, 0.717) is 38.0 Å². The molecule has 2 amide bonds. The number of anilines is 1. The Morgan fingerprint density at radius 3 is 2.21 bits per heavy atom. The normalized spacial score (nSPS) is 15.7. The highest BCUT2D eigenvalue weighted by Crippen LogP contribution is 2.25. The molecule has 0 saturated carbocycles. The molecule has 1 N–H and O–H groups in total. The van der Waals surface area contributed by atoms with Gasteiger partial charge < -0.3 is 14.4 Å². The number of nitrogens with zero attached hydrogens (tertiary/aromatic N) is 1. The maximum absolute atomic E-state index is 12.3. The summed E-state index contributed by atoms with van der Waals surface area (Å²) in [6, 6.07) is 4.78. The number of benzene rings is 1. The number of rotatable bonds is 5. The van der Waals surface area contributed by atoms with Crippen molar-refractivity contribution >= 4 is 17.7 Å². The maximum atomic E-state index is 12.3. The number of piperidine rings is 1. The molecule has 1 heterocycles. The van der Waals surface area contributed by atoms with Crippen molar-refractivity contribution in [2.24, 2.45) is 5.41 Å². The first-order valence-electron chi connectivity index (χ1n) is 9.52.